The minimum absolute atomic E-state index is 0.0759. The van der Waals surface area contributed by atoms with Crippen molar-refractivity contribution in [2.24, 2.45) is 0 Å². The van der Waals surface area contributed by atoms with Gasteiger partial charge in [0, 0.05) is 11.6 Å². The number of ether oxygens (including phenoxy) is 3. The van der Waals surface area contributed by atoms with Gasteiger partial charge in [-0.2, -0.15) is 0 Å². The van der Waals surface area contributed by atoms with Crippen LogP contribution in [0.5, 0.6) is 17.2 Å². The summed E-state index contributed by atoms with van der Waals surface area (Å²) in [5.74, 6) is 1.24. The molecule has 0 amide bonds. The molecule has 8 nitrogen and oxygen atoms in total. The summed E-state index contributed by atoms with van der Waals surface area (Å²) < 4.78 is 15.7. The fourth-order valence-electron chi connectivity index (χ4n) is 2.48. The average Bonchev–Trinajstić information content (AvgIpc) is 3.21. The summed E-state index contributed by atoms with van der Waals surface area (Å²) in [6.45, 7) is 0. The highest BCUT2D eigenvalue weighted by atomic mass is 32.2. The Morgan fingerprint density at radius 3 is 2.34 bits per heavy atom. The highest BCUT2D eigenvalue weighted by Crippen LogP contribution is 2.31. The number of hydrogen-bond acceptors (Lipinski definition) is 7. The molecule has 0 atom stereocenters. The number of aliphatic carboxylic acids is 1. The van der Waals surface area contributed by atoms with E-state index >= 15 is 0 Å². The zero-order chi connectivity index (χ0) is 20.8. The van der Waals surface area contributed by atoms with E-state index in [1.807, 2.05) is 0 Å². The van der Waals surface area contributed by atoms with Crippen LogP contribution in [0.1, 0.15) is 5.56 Å². The molecule has 0 fully saturated rings. The van der Waals surface area contributed by atoms with Crippen LogP contribution in [0, 0.1) is 0 Å². The molecule has 2 N–H and O–H groups in total. The summed E-state index contributed by atoms with van der Waals surface area (Å²) in [5.41, 5.74) is 1.40. The van der Waals surface area contributed by atoms with Crippen molar-refractivity contribution in [2.45, 2.75) is 5.16 Å². The molecule has 1 aromatic heterocycles. The largest absolute Gasteiger partial charge is 0.497 e. The van der Waals surface area contributed by atoms with Crippen LogP contribution in [0.25, 0.3) is 17.5 Å². The number of thioether (sulfide) groups is 1. The second-order valence-electron chi connectivity index (χ2n) is 5.76. The molecule has 150 valence electrons. The Hall–Kier alpha value is -3.46. The molecule has 0 radical (unpaired) electrons. The molecule has 0 aliphatic heterocycles. The monoisotopic (exact) mass is 413 g/mol. The first-order valence-corrected chi connectivity index (χ1v) is 9.26. The maximum absolute atomic E-state index is 11.7. The van der Waals surface area contributed by atoms with Gasteiger partial charge < -0.3 is 19.3 Å². The number of aromatic nitrogens is 3. The molecule has 29 heavy (non-hydrogen) atoms. The topological polar surface area (TPSA) is 107 Å². The predicted octanol–water partition coefficient (Wildman–Crippen LogP) is 3.72. The molecule has 9 heteroatoms. The van der Waals surface area contributed by atoms with E-state index in [1.165, 1.54) is 0 Å². The van der Waals surface area contributed by atoms with E-state index in [2.05, 4.69) is 15.2 Å². The second-order valence-corrected chi connectivity index (χ2v) is 6.77. The van der Waals surface area contributed by atoms with Crippen LogP contribution in [0.2, 0.25) is 0 Å². The van der Waals surface area contributed by atoms with Gasteiger partial charge in [0.25, 0.3) is 0 Å². The summed E-state index contributed by atoms with van der Waals surface area (Å²) in [4.78, 5) is 16.1. The standard InChI is InChI=1S/C20H19N3O5S/c1-26-14-6-4-5-12(7-14)8-17(19(24)25)29-20-21-18(22-23-20)13-9-15(27-2)11-16(10-13)28-3/h4-11H,1-3H3,(H,24,25)(H,21,22,23)/b17-8-. The van der Waals surface area contributed by atoms with Gasteiger partial charge in [-0.25, -0.2) is 9.78 Å². The Morgan fingerprint density at radius 2 is 1.72 bits per heavy atom. The molecule has 0 bridgehead atoms. The molecular weight excluding hydrogens is 394 g/mol. The van der Waals surface area contributed by atoms with Crippen LogP contribution in [-0.4, -0.2) is 47.6 Å². The van der Waals surface area contributed by atoms with Crippen molar-refractivity contribution >= 4 is 23.8 Å². The van der Waals surface area contributed by atoms with E-state index in [1.54, 1.807) is 69.9 Å². The maximum atomic E-state index is 11.7. The zero-order valence-electron chi connectivity index (χ0n) is 16.0. The van der Waals surface area contributed by atoms with Crippen LogP contribution in [0.15, 0.2) is 52.5 Å². The maximum Gasteiger partial charge on any atom is 0.342 e. The number of benzene rings is 2. The van der Waals surface area contributed by atoms with Gasteiger partial charge in [0.1, 0.15) is 22.2 Å². The fraction of sp³-hybridized carbons (Fsp3) is 0.150. The van der Waals surface area contributed by atoms with Gasteiger partial charge >= 0.3 is 5.97 Å². The Balaban J connectivity index is 1.87. The van der Waals surface area contributed by atoms with Crippen LogP contribution < -0.4 is 14.2 Å². The van der Waals surface area contributed by atoms with E-state index < -0.39 is 5.97 Å². The van der Waals surface area contributed by atoms with Crippen LogP contribution >= 0.6 is 11.8 Å². The van der Waals surface area contributed by atoms with E-state index in [0.717, 1.165) is 11.8 Å². The summed E-state index contributed by atoms with van der Waals surface area (Å²) in [5, 5.41) is 16.8. The van der Waals surface area contributed by atoms with Gasteiger partial charge in [-0.15, -0.1) is 5.10 Å². The first kappa shape index (κ1) is 20.3. The van der Waals surface area contributed by atoms with Crippen LogP contribution in [-0.2, 0) is 4.79 Å². The van der Waals surface area contributed by atoms with Crippen molar-refractivity contribution in [1.29, 1.82) is 0 Å². The molecule has 0 unspecified atom stereocenters. The summed E-state index contributed by atoms with van der Waals surface area (Å²) in [6, 6.07) is 12.4. The van der Waals surface area contributed by atoms with Gasteiger partial charge in [-0.3, -0.25) is 5.10 Å². The predicted molar refractivity (Wildman–Crippen MR) is 109 cm³/mol. The van der Waals surface area contributed by atoms with Gasteiger partial charge in [0.15, 0.2) is 5.82 Å². The molecule has 3 aromatic rings. The zero-order valence-corrected chi connectivity index (χ0v) is 16.8. The third-order valence-corrected chi connectivity index (χ3v) is 4.77. The number of carboxylic acid groups (broad SMARTS) is 1. The molecule has 2 aromatic carbocycles. The molecule has 0 spiro atoms. The highest BCUT2D eigenvalue weighted by molar-refractivity contribution is 8.04. The van der Waals surface area contributed by atoms with Gasteiger partial charge in [-0.05, 0) is 47.7 Å². The third-order valence-electron chi connectivity index (χ3n) is 3.89. The van der Waals surface area contributed by atoms with E-state index in [4.69, 9.17) is 14.2 Å². The number of carbonyl (C=O) groups is 1. The van der Waals surface area contributed by atoms with Crippen molar-refractivity contribution in [3.63, 3.8) is 0 Å². The molecule has 3 rings (SSSR count). The average molecular weight is 413 g/mol. The van der Waals surface area contributed by atoms with Crippen molar-refractivity contribution < 1.29 is 24.1 Å². The van der Waals surface area contributed by atoms with Gasteiger partial charge in [-0.1, -0.05) is 12.1 Å². The molecule has 0 aliphatic carbocycles. The Labute approximate surface area is 171 Å². The SMILES string of the molecule is COc1cccc(/C=C(\Sc2n[nH]c(-c3cc(OC)cc(OC)c3)n2)C(=O)O)c1. The van der Waals surface area contributed by atoms with Crippen molar-refractivity contribution in [3.8, 4) is 28.6 Å². The number of nitrogens with one attached hydrogen (secondary N) is 1. The number of hydrogen-bond donors (Lipinski definition) is 2. The number of rotatable bonds is 8. The Kier molecular flexibility index (Phi) is 6.40. The van der Waals surface area contributed by atoms with E-state index in [-0.39, 0.29) is 10.1 Å². The lowest BCUT2D eigenvalue weighted by Crippen LogP contribution is -1.97. The number of carboxylic acids is 1. The van der Waals surface area contributed by atoms with Crippen LogP contribution in [0.3, 0.4) is 0 Å². The first-order chi connectivity index (χ1) is 14.0. The smallest absolute Gasteiger partial charge is 0.342 e. The van der Waals surface area contributed by atoms with Gasteiger partial charge in [0.2, 0.25) is 5.16 Å². The first-order valence-electron chi connectivity index (χ1n) is 8.45. The highest BCUT2D eigenvalue weighted by Gasteiger charge is 2.15. The number of nitrogens with zero attached hydrogens (tertiary/aromatic N) is 2. The van der Waals surface area contributed by atoms with Crippen molar-refractivity contribution in [1.82, 2.24) is 15.2 Å². The molecule has 0 aliphatic rings. The normalized spacial score (nSPS) is 11.2. The number of methoxy groups -OCH3 is 3. The minimum atomic E-state index is -1.08. The molecule has 0 saturated carbocycles. The molecule has 0 saturated heterocycles. The molecular formula is C20H19N3O5S. The third kappa shape index (κ3) is 5.08. The number of H-pyrrole nitrogens is 1. The fourth-order valence-corrected chi connectivity index (χ4v) is 3.19. The van der Waals surface area contributed by atoms with Crippen molar-refractivity contribution in [2.75, 3.05) is 21.3 Å². The quantitative estimate of drug-likeness (QED) is 0.425. The lowest BCUT2D eigenvalue weighted by atomic mass is 10.2. The second kappa shape index (κ2) is 9.16. The van der Waals surface area contributed by atoms with Crippen molar-refractivity contribution in [3.05, 3.63) is 52.9 Å². The summed E-state index contributed by atoms with van der Waals surface area (Å²) in [6.07, 6.45) is 1.54. The summed E-state index contributed by atoms with van der Waals surface area (Å²) in [7, 11) is 4.67. The number of aromatic amines is 1. The lowest BCUT2D eigenvalue weighted by molar-refractivity contribution is -0.131. The van der Waals surface area contributed by atoms with Gasteiger partial charge in [0.05, 0.1) is 21.3 Å². The Bertz CT molecular complexity index is 1030. The summed E-state index contributed by atoms with van der Waals surface area (Å²) >= 11 is 0.945. The van der Waals surface area contributed by atoms with E-state index in [0.29, 0.717) is 34.2 Å². The lowest BCUT2D eigenvalue weighted by Gasteiger charge is -2.06. The van der Waals surface area contributed by atoms with Crippen LogP contribution in [0.4, 0.5) is 0 Å². The Morgan fingerprint density at radius 1 is 1.03 bits per heavy atom. The van der Waals surface area contributed by atoms with E-state index in [9.17, 15) is 9.90 Å². The minimum Gasteiger partial charge on any atom is -0.497 e. The molecule has 1 heterocycles.